The average Bonchev–Trinajstić information content (AvgIpc) is 3.08. The van der Waals surface area contributed by atoms with E-state index in [0.29, 0.717) is 12.6 Å². The summed E-state index contributed by atoms with van der Waals surface area (Å²) in [6.45, 7) is 5.71. The third-order valence-corrected chi connectivity index (χ3v) is 4.81. The van der Waals surface area contributed by atoms with E-state index in [1.807, 2.05) is 19.0 Å². The molecule has 25 heavy (non-hydrogen) atoms. The third kappa shape index (κ3) is 6.74. The molecule has 1 heterocycles. The monoisotopic (exact) mass is 359 g/mol. The lowest BCUT2D eigenvalue weighted by Crippen LogP contribution is -2.42. The number of nitrogens with zero attached hydrogens (tertiary/aromatic N) is 3. The van der Waals surface area contributed by atoms with E-state index in [4.69, 9.17) is 0 Å². The van der Waals surface area contributed by atoms with Crippen LogP contribution in [-0.4, -0.2) is 37.6 Å². The van der Waals surface area contributed by atoms with Crippen LogP contribution in [0.2, 0.25) is 0 Å². The van der Waals surface area contributed by atoms with Crippen LogP contribution >= 0.6 is 11.3 Å². The molecule has 136 valence electrons. The zero-order valence-electron chi connectivity index (χ0n) is 15.6. The van der Waals surface area contributed by atoms with E-state index in [1.165, 1.54) is 5.56 Å². The molecule has 0 saturated heterocycles. The van der Waals surface area contributed by atoms with Crippen LogP contribution in [0.4, 0.5) is 5.13 Å². The molecule has 0 radical (unpaired) electrons. The Morgan fingerprint density at radius 1 is 1.28 bits per heavy atom. The highest BCUT2D eigenvalue weighted by atomic mass is 32.1. The van der Waals surface area contributed by atoms with Gasteiger partial charge in [-0.2, -0.15) is 0 Å². The van der Waals surface area contributed by atoms with Crippen LogP contribution < -0.4 is 15.5 Å². The molecular formula is C19H29N5S. The van der Waals surface area contributed by atoms with Crippen LogP contribution in [0.15, 0.2) is 40.7 Å². The maximum atomic E-state index is 4.67. The second kappa shape index (κ2) is 10.0. The van der Waals surface area contributed by atoms with Gasteiger partial charge < -0.3 is 15.5 Å². The van der Waals surface area contributed by atoms with E-state index in [0.717, 1.165) is 36.2 Å². The summed E-state index contributed by atoms with van der Waals surface area (Å²) in [6, 6.07) is 10.9. The average molecular weight is 360 g/mol. The summed E-state index contributed by atoms with van der Waals surface area (Å²) in [7, 11) is 4.01. The number of hydrogen-bond donors (Lipinski definition) is 2. The minimum absolute atomic E-state index is 0.353. The van der Waals surface area contributed by atoms with Crippen molar-refractivity contribution >= 4 is 22.4 Å². The second-order valence-corrected chi connectivity index (χ2v) is 7.12. The predicted molar refractivity (Wildman–Crippen MR) is 109 cm³/mol. The molecule has 1 atom stereocenters. The first-order valence-corrected chi connectivity index (χ1v) is 9.67. The number of aryl methyl sites for hydroxylation is 1. The van der Waals surface area contributed by atoms with Crippen molar-refractivity contribution in [3.63, 3.8) is 0 Å². The number of nitrogens with one attached hydrogen (secondary N) is 2. The quantitative estimate of drug-likeness (QED) is 0.561. The van der Waals surface area contributed by atoms with Gasteiger partial charge in [-0.25, -0.2) is 9.98 Å². The lowest BCUT2D eigenvalue weighted by atomic mass is 10.1. The lowest BCUT2D eigenvalue weighted by molar-refractivity contribution is 0.593. The van der Waals surface area contributed by atoms with Gasteiger partial charge in [0.1, 0.15) is 0 Å². The molecule has 0 saturated carbocycles. The topological polar surface area (TPSA) is 52.6 Å². The van der Waals surface area contributed by atoms with E-state index < -0.39 is 0 Å². The molecule has 0 bridgehead atoms. The van der Waals surface area contributed by atoms with E-state index in [1.54, 1.807) is 11.3 Å². The normalized spacial score (nSPS) is 12.7. The smallest absolute Gasteiger partial charge is 0.191 e. The van der Waals surface area contributed by atoms with Gasteiger partial charge in [0.05, 0.1) is 12.2 Å². The highest BCUT2D eigenvalue weighted by Crippen LogP contribution is 2.18. The molecule has 0 fully saturated rings. The summed E-state index contributed by atoms with van der Waals surface area (Å²) < 4.78 is 0. The van der Waals surface area contributed by atoms with E-state index in [9.17, 15) is 0 Å². The standard InChI is InChI=1S/C19H29N5S/c1-5-20-18(21-13-17-14-25-19(23-17)24(3)4)22-15(2)11-12-16-9-7-6-8-10-16/h6-10,14-15H,5,11-13H2,1-4H3,(H2,20,21,22). The van der Waals surface area contributed by atoms with Crippen LogP contribution in [0.1, 0.15) is 31.5 Å². The number of hydrogen-bond acceptors (Lipinski definition) is 4. The Morgan fingerprint density at radius 3 is 2.68 bits per heavy atom. The molecule has 2 N–H and O–H groups in total. The summed E-state index contributed by atoms with van der Waals surface area (Å²) in [4.78, 5) is 11.3. The molecule has 5 nitrogen and oxygen atoms in total. The number of anilines is 1. The van der Waals surface area contributed by atoms with Gasteiger partial charge in [-0.15, -0.1) is 11.3 Å². The van der Waals surface area contributed by atoms with Gasteiger partial charge in [0.25, 0.3) is 0 Å². The minimum Gasteiger partial charge on any atom is -0.357 e. The molecule has 1 unspecified atom stereocenters. The van der Waals surface area contributed by atoms with Crippen molar-refractivity contribution < 1.29 is 0 Å². The summed E-state index contributed by atoms with van der Waals surface area (Å²) in [5.41, 5.74) is 2.37. The van der Waals surface area contributed by atoms with Crippen LogP contribution in [0.25, 0.3) is 0 Å². The Kier molecular flexibility index (Phi) is 7.73. The van der Waals surface area contributed by atoms with Crippen LogP contribution in [0.3, 0.4) is 0 Å². The first-order chi connectivity index (χ1) is 12.1. The number of guanidine groups is 1. The Balaban J connectivity index is 1.87. The minimum atomic E-state index is 0.353. The zero-order valence-corrected chi connectivity index (χ0v) is 16.4. The summed E-state index contributed by atoms with van der Waals surface area (Å²) >= 11 is 1.65. The Bertz CT molecular complexity index is 651. The molecule has 2 rings (SSSR count). The van der Waals surface area contributed by atoms with Crippen LogP contribution in [0, 0.1) is 0 Å². The molecular weight excluding hydrogens is 330 g/mol. The van der Waals surface area contributed by atoms with Gasteiger partial charge in [0.15, 0.2) is 11.1 Å². The third-order valence-electron chi connectivity index (χ3n) is 3.76. The van der Waals surface area contributed by atoms with Crippen molar-refractivity contribution in [1.29, 1.82) is 0 Å². The zero-order chi connectivity index (χ0) is 18.1. The van der Waals surface area contributed by atoms with Crippen molar-refractivity contribution in [3.05, 3.63) is 47.0 Å². The fraction of sp³-hybridized carbons (Fsp3) is 0.474. The second-order valence-electron chi connectivity index (χ2n) is 6.28. The largest absolute Gasteiger partial charge is 0.357 e. The molecule has 0 aliphatic heterocycles. The van der Waals surface area contributed by atoms with Gasteiger partial charge in [0, 0.05) is 32.1 Å². The number of benzene rings is 1. The van der Waals surface area contributed by atoms with E-state index >= 15 is 0 Å². The SMILES string of the molecule is CCNC(=NCc1csc(N(C)C)n1)NC(C)CCc1ccccc1. The van der Waals surface area contributed by atoms with Crippen molar-refractivity contribution in [3.8, 4) is 0 Å². The molecule has 0 amide bonds. The first-order valence-electron chi connectivity index (χ1n) is 8.79. The Labute approximate surface area is 155 Å². The van der Waals surface area contributed by atoms with E-state index in [-0.39, 0.29) is 0 Å². The summed E-state index contributed by atoms with van der Waals surface area (Å²) in [5, 5.41) is 9.89. The molecule has 1 aromatic carbocycles. The Morgan fingerprint density at radius 2 is 2.04 bits per heavy atom. The number of thiazole rings is 1. The maximum Gasteiger partial charge on any atom is 0.191 e. The van der Waals surface area contributed by atoms with Crippen LogP contribution in [0.5, 0.6) is 0 Å². The van der Waals surface area contributed by atoms with Crippen molar-refractivity contribution in [2.45, 2.75) is 39.3 Å². The molecule has 0 aliphatic carbocycles. The predicted octanol–water partition coefficient (Wildman–Crippen LogP) is 3.29. The number of aromatic nitrogens is 1. The highest BCUT2D eigenvalue weighted by molar-refractivity contribution is 7.13. The molecule has 0 aliphatic rings. The van der Waals surface area contributed by atoms with Gasteiger partial charge in [-0.05, 0) is 32.3 Å². The van der Waals surface area contributed by atoms with Crippen LogP contribution in [-0.2, 0) is 13.0 Å². The lowest BCUT2D eigenvalue weighted by Gasteiger charge is -2.17. The molecule has 0 spiro atoms. The van der Waals surface area contributed by atoms with Gasteiger partial charge in [0.2, 0.25) is 0 Å². The summed E-state index contributed by atoms with van der Waals surface area (Å²) in [6.07, 6.45) is 2.13. The van der Waals surface area contributed by atoms with Crippen molar-refractivity contribution in [2.75, 3.05) is 25.5 Å². The van der Waals surface area contributed by atoms with Crippen molar-refractivity contribution in [2.24, 2.45) is 4.99 Å². The molecule has 2 aromatic rings. The first kappa shape index (κ1) is 19.2. The van der Waals surface area contributed by atoms with E-state index in [2.05, 4.69) is 70.2 Å². The Hall–Kier alpha value is -2.08. The molecule has 6 heteroatoms. The van der Waals surface area contributed by atoms with Gasteiger partial charge in [-0.3, -0.25) is 0 Å². The summed E-state index contributed by atoms with van der Waals surface area (Å²) in [5.74, 6) is 0.850. The van der Waals surface area contributed by atoms with Crippen molar-refractivity contribution in [1.82, 2.24) is 15.6 Å². The highest BCUT2D eigenvalue weighted by Gasteiger charge is 2.07. The fourth-order valence-electron chi connectivity index (χ4n) is 2.39. The van der Waals surface area contributed by atoms with Gasteiger partial charge in [-0.1, -0.05) is 30.3 Å². The van der Waals surface area contributed by atoms with Gasteiger partial charge >= 0.3 is 0 Å². The number of aliphatic imine (C=N–C) groups is 1. The molecule has 1 aromatic heterocycles. The maximum absolute atomic E-state index is 4.67. The fourth-order valence-corrected chi connectivity index (χ4v) is 3.14. The number of rotatable bonds is 8.